The van der Waals surface area contributed by atoms with E-state index in [1.165, 1.54) is 23.9 Å². The molecule has 1 fully saturated rings. The van der Waals surface area contributed by atoms with E-state index >= 15 is 0 Å². The van der Waals surface area contributed by atoms with Crippen molar-refractivity contribution in [2.45, 2.75) is 20.5 Å². The van der Waals surface area contributed by atoms with Gasteiger partial charge in [0.05, 0.1) is 26.2 Å². The third kappa shape index (κ3) is 7.31. The summed E-state index contributed by atoms with van der Waals surface area (Å²) in [6.45, 7) is 4.88. The molecule has 0 atom stereocenters. The fourth-order valence-corrected chi connectivity index (χ4v) is 5.64. The van der Waals surface area contributed by atoms with Crippen molar-refractivity contribution >= 4 is 74.5 Å². The van der Waals surface area contributed by atoms with Gasteiger partial charge in [0.15, 0.2) is 16.7 Å². The molecule has 1 saturated heterocycles. The number of amides is 1. The van der Waals surface area contributed by atoms with Crippen molar-refractivity contribution in [2.75, 3.05) is 13.7 Å². The number of hydrogen-bond donors (Lipinski definition) is 0. The molecule has 0 radical (unpaired) electrons. The molecule has 1 amide bonds. The lowest BCUT2D eigenvalue weighted by Gasteiger charge is -2.17. The highest BCUT2D eigenvalue weighted by Gasteiger charge is 2.34. The number of carbonyl (C=O) groups is 1. The summed E-state index contributed by atoms with van der Waals surface area (Å²) in [6.07, 6.45) is 1.83. The zero-order valence-electron chi connectivity index (χ0n) is 21.4. The number of amidine groups is 1. The van der Waals surface area contributed by atoms with Gasteiger partial charge < -0.3 is 9.47 Å². The number of nitro benzene ring substituents is 1. The number of aliphatic imine (C=N–C) groups is 1. The van der Waals surface area contributed by atoms with Gasteiger partial charge in [-0.25, -0.2) is 4.99 Å². The number of methoxy groups -OCH3 is 1. The molecule has 1 aliphatic heterocycles. The SMILES string of the molecule is COc1cc(/C=C2\SC(=Nc3ccc(Cl)cc3)N(CC(C)C)C2=O)cc(I)c1OCc1ccc([N+](=O)[O-])cc1. The number of thioether (sulfide) groups is 1. The normalized spacial score (nSPS) is 15.4. The van der Waals surface area contributed by atoms with Crippen LogP contribution < -0.4 is 9.47 Å². The monoisotopic (exact) mass is 677 g/mol. The van der Waals surface area contributed by atoms with Crippen molar-refractivity contribution in [1.82, 2.24) is 4.90 Å². The summed E-state index contributed by atoms with van der Waals surface area (Å²) in [5.74, 6) is 1.22. The Labute approximate surface area is 249 Å². The predicted molar refractivity (Wildman–Crippen MR) is 164 cm³/mol. The minimum absolute atomic E-state index is 0.0240. The number of hydrogen-bond acceptors (Lipinski definition) is 7. The molecule has 0 spiro atoms. The highest BCUT2D eigenvalue weighted by atomic mass is 127. The summed E-state index contributed by atoms with van der Waals surface area (Å²) in [5, 5.41) is 12.1. The Balaban J connectivity index is 1.58. The van der Waals surface area contributed by atoms with E-state index in [1.807, 2.05) is 30.3 Å². The van der Waals surface area contributed by atoms with E-state index in [9.17, 15) is 14.9 Å². The van der Waals surface area contributed by atoms with E-state index < -0.39 is 4.92 Å². The van der Waals surface area contributed by atoms with Crippen LogP contribution in [0.15, 0.2) is 70.6 Å². The molecule has 1 aliphatic rings. The topological polar surface area (TPSA) is 94.3 Å². The van der Waals surface area contributed by atoms with Crippen molar-refractivity contribution in [3.8, 4) is 11.5 Å². The number of nitro groups is 1. The minimum atomic E-state index is -0.439. The minimum Gasteiger partial charge on any atom is -0.493 e. The number of nitrogens with zero attached hydrogens (tertiary/aromatic N) is 3. The van der Waals surface area contributed by atoms with Crippen LogP contribution in [0.1, 0.15) is 25.0 Å². The lowest BCUT2D eigenvalue weighted by atomic mass is 10.1. The molecular weight excluding hydrogens is 653 g/mol. The largest absolute Gasteiger partial charge is 0.493 e. The Bertz CT molecular complexity index is 1440. The number of carbonyl (C=O) groups excluding carboxylic acids is 1. The molecule has 4 rings (SSSR count). The molecule has 0 bridgehead atoms. The van der Waals surface area contributed by atoms with Gasteiger partial charge in [0.25, 0.3) is 11.6 Å². The molecule has 11 heteroatoms. The first-order valence-corrected chi connectivity index (χ1v) is 14.2. The number of halogens is 2. The summed E-state index contributed by atoms with van der Waals surface area (Å²) in [5.41, 5.74) is 2.31. The van der Waals surface area contributed by atoms with Gasteiger partial charge in [-0.3, -0.25) is 19.8 Å². The van der Waals surface area contributed by atoms with Gasteiger partial charge in [0.1, 0.15) is 6.61 Å². The number of non-ortho nitro benzene ring substituents is 1. The summed E-state index contributed by atoms with van der Waals surface area (Å²) in [4.78, 5) is 30.8. The standard InChI is InChI=1S/C28H25ClIN3O5S/c1-17(2)15-32-27(34)25(39-28(32)31-21-8-6-20(29)7-9-21)14-19-12-23(30)26(24(13-19)37-3)38-16-18-4-10-22(11-5-18)33(35)36/h4-14,17H,15-16H2,1-3H3/b25-14-,31-28?. The molecule has 8 nitrogen and oxygen atoms in total. The third-order valence-corrected chi connectivity index (χ3v) is 7.63. The predicted octanol–water partition coefficient (Wildman–Crippen LogP) is 7.70. The molecule has 0 aromatic heterocycles. The van der Waals surface area contributed by atoms with E-state index in [0.717, 1.165) is 20.4 Å². The van der Waals surface area contributed by atoms with Crippen LogP contribution >= 0.6 is 46.0 Å². The van der Waals surface area contributed by atoms with Crippen LogP contribution in [0.2, 0.25) is 5.02 Å². The Morgan fingerprint density at radius 3 is 2.46 bits per heavy atom. The maximum Gasteiger partial charge on any atom is 0.269 e. The second-order valence-electron chi connectivity index (χ2n) is 9.04. The van der Waals surface area contributed by atoms with Gasteiger partial charge in [0, 0.05) is 23.7 Å². The maximum absolute atomic E-state index is 13.4. The number of benzene rings is 3. The molecular formula is C28H25ClIN3O5S. The number of rotatable bonds is 9. The van der Waals surface area contributed by atoms with Gasteiger partial charge in [-0.1, -0.05) is 25.4 Å². The molecule has 3 aromatic carbocycles. The first kappa shape index (κ1) is 28.9. The molecule has 0 aliphatic carbocycles. The van der Waals surface area contributed by atoms with Gasteiger partial charge in [0.2, 0.25) is 0 Å². The fraction of sp³-hybridized carbons (Fsp3) is 0.214. The van der Waals surface area contributed by atoms with Crippen LogP contribution in [0.3, 0.4) is 0 Å². The van der Waals surface area contributed by atoms with Gasteiger partial charge in [-0.2, -0.15) is 0 Å². The van der Waals surface area contributed by atoms with E-state index in [1.54, 1.807) is 36.3 Å². The quantitative estimate of drug-likeness (QED) is 0.0998. The summed E-state index contributed by atoms with van der Waals surface area (Å²) >= 11 is 9.50. The molecule has 0 N–H and O–H groups in total. The first-order chi connectivity index (χ1) is 18.6. The summed E-state index contributed by atoms with van der Waals surface area (Å²) < 4.78 is 12.4. The Kier molecular flexibility index (Phi) is 9.52. The second-order valence-corrected chi connectivity index (χ2v) is 11.6. The number of ether oxygens (including phenoxy) is 2. The van der Waals surface area contributed by atoms with Crippen LogP contribution in [-0.2, 0) is 11.4 Å². The Morgan fingerprint density at radius 1 is 1.15 bits per heavy atom. The fourth-order valence-electron chi connectivity index (χ4n) is 3.73. The van der Waals surface area contributed by atoms with Crippen molar-refractivity contribution in [2.24, 2.45) is 10.9 Å². The lowest BCUT2D eigenvalue weighted by Crippen LogP contribution is -2.32. The molecule has 39 heavy (non-hydrogen) atoms. The van der Waals surface area contributed by atoms with Crippen LogP contribution in [0, 0.1) is 19.6 Å². The van der Waals surface area contributed by atoms with E-state index in [2.05, 4.69) is 36.4 Å². The van der Waals surface area contributed by atoms with Crippen LogP contribution in [0.5, 0.6) is 11.5 Å². The molecule has 202 valence electrons. The molecule has 0 unspecified atom stereocenters. The van der Waals surface area contributed by atoms with Crippen molar-refractivity contribution in [1.29, 1.82) is 0 Å². The lowest BCUT2D eigenvalue weighted by molar-refractivity contribution is -0.384. The Morgan fingerprint density at radius 2 is 1.85 bits per heavy atom. The van der Waals surface area contributed by atoms with E-state index in [0.29, 0.717) is 33.1 Å². The Hall–Kier alpha value is -3.09. The van der Waals surface area contributed by atoms with Gasteiger partial charge in [-0.15, -0.1) is 0 Å². The van der Waals surface area contributed by atoms with E-state index in [-0.39, 0.29) is 24.1 Å². The molecule has 3 aromatic rings. The van der Waals surface area contributed by atoms with Crippen LogP contribution in [0.25, 0.3) is 6.08 Å². The third-order valence-electron chi connectivity index (χ3n) is 5.57. The van der Waals surface area contributed by atoms with Gasteiger partial charge >= 0.3 is 0 Å². The zero-order chi connectivity index (χ0) is 28.1. The highest BCUT2D eigenvalue weighted by Crippen LogP contribution is 2.38. The average Bonchev–Trinajstić information content (AvgIpc) is 3.17. The smallest absolute Gasteiger partial charge is 0.269 e. The van der Waals surface area contributed by atoms with Crippen molar-refractivity contribution < 1.29 is 19.2 Å². The van der Waals surface area contributed by atoms with Crippen LogP contribution in [0.4, 0.5) is 11.4 Å². The molecule has 0 saturated carbocycles. The van der Waals surface area contributed by atoms with Crippen molar-refractivity contribution in [3.63, 3.8) is 0 Å². The average molecular weight is 678 g/mol. The zero-order valence-corrected chi connectivity index (χ0v) is 25.1. The first-order valence-electron chi connectivity index (χ1n) is 11.9. The highest BCUT2D eigenvalue weighted by molar-refractivity contribution is 14.1. The van der Waals surface area contributed by atoms with Crippen molar-refractivity contribution in [3.05, 3.63) is 95.4 Å². The van der Waals surface area contributed by atoms with Gasteiger partial charge in [-0.05, 0) is 106 Å². The summed E-state index contributed by atoms with van der Waals surface area (Å²) in [7, 11) is 1.55. The van der Waals surface area contributed by atoms with E-state index in [4.69, 9.17) is 26.1 Å². The van der Waals surface area contributed by atoms with Crippen LogP contribution in [-0.4, -0.2) is 34.6 Å². The summed E-state index contributed by atoms with van der Waals surface area (Å²) in [6, 6.07) is 17.1. The maximum atomic E-state index is 13.4. The second kappa shape index (κ2) is 12.8. The molecule has 1 heterocycles.